The second-order valence-electron chi connectivity index (χ2n) is 4.05. The van der Waals surface area contributed by atoms with Crippen molar-refractivity contribution in [3.8, 4) is 0 Å². The molecule has 0 aliphatic rings. The van der Waals surface area contributed by atoms with Gasteiger partial charge in [-0.05, 0) is 12.8 Å². The number of urea groups is 1. The maximum atomic E-state index is 11.4. The first-order chi connectivity index (χ1) is 7.97. The maximum absolute atomic E-state index is 11.4. The summed E-state index contributed by atoms with van der Waals surface area (Å²) in [4.78, 5) is 21.7. The van der Waals surface area contributed by atoms with E-state index in [0.717, 1.165) is 0 Å². The Kier molecular flexibility index (Phi) is 8.13. The molecule has 0 aromatic carbocycles. The predicted octanol–water partition coefficient (Wildman–Crippen LogP) is 0.821. The van der Waals surface area contributed by atoms with Gasteiger partial charge in [-0.1, -0.05) is 13.8 Å². The lowest BCUT2D eigenvalue weighted by Crippen LogP contribution is -2.47. The van der Waals surface area contributed by atoms with E-state index in [1.165, 1.54) is 0 Å². The summed E-state index contributed by atoms with van der Waals surface area (Å²) in [6, 6.07) is -0.426. The van der Waals surface area contributed by atoms with E-state index in [1.54, 1.807) is 0 Å². The van der Waals surface area contributed by atoms with Crippen LogP contribution >= 0.6 is 0 Å². The summed E-state index contributed by atoms with van der Waals surface area (Å²) in [7, 11) is 0. The molecular weight excluding hydrogens is 224 g/mol. The lowest BCUT2D eigenvalue weighted by Gasteiger charge is -2.22. The van der Waals surface area contributed by atoms with Crippen LogP contribution in [0.2, 0.25) is 0 Å². The normalized spacial score (nSPS) is 12.2. The van der Waals surface area contributed by atoms with E-state index in [1.807, 2.05) is 20.8 Å². The Bertz CT molecular complexity index is 244. The quantitative estimate of drug-likeness (QED) is 0.591. The molecule has 0 spiro atoms. The van der Waals surface area contributed by atoms with Gasteiger partial charge in [-0.3, -0.25) is 4.79 Å². The number of ether oxygens (including phenoxy) is 1. The summed E-state index contributed by atoms with van der Waals surface area (Å²) in [6.45, 7) is 7.05. The molecule has 0 aromatic rings. The summed E-state index contributed by atoms with van der Waals surface area (Å²) in [5.41, 5.74) is 0. The minimum Gasteiger partial charge on any atom is -0.481 e. The summed E-state index contributed by atoms with van der Waals surface area (Å²) in [6.07, 6.45) is -0.0781. The molecule has 0 saturated heterocycles. The third-order valence-electron chi connectivity index (χ3n) is 2.25. The van der Waals surface area contributed by atoms with Gasteiger partial charge in [0, 0.05) is 13.2 Å². The molecule has 0 fully saturated rings. The van der Waals surface area contributed by atoms with Gasteiger partial charge in [0.1, 0.15) is 0 Å². The molecule has 0 heterocycles. The van der Waals surface area contributed by atoms with Gasteiger partial charge in [0.2, 0.25) is 0 Å². The summed E-state index contributed by atoms with van der Waals surface area (Å²) in [5.74, 6) is -0.674. The van der Waals surface area contributed by atoms with Crippen molar-refractivity contribution < 1.29 is 19.4 Å². The molecular formula is C11H22N2O4. The van der Waals surface area contributed by atoms with E-state index in [-0.39, 0.29) is 31.0 Å². The van der Waals surface area contributed by atoms with Crippen LogP contribution in [0.1, 0.15) is 27.2 Å². The molecule has 1 atom stereocenters. The summed E-state index contributed by atoms with van der Waals surface area (Å²) < 4.78 is 5.26. The fraction of sp³-hybridized carbons (Fsp3) is 0.818. The number of carbonyl (C=O) groups excluding carboxylic acids is 1. The van der Waals surface area contributed by atoms with Crippen molar-refractivity contribution in [2.75, 3.05) is 19.8 Å². The zero-order valence-corrected chi connectivity index (χ0v) is 10.7. The molecule has 0 aliphatic heterocycles. The van der Waals surface area contributed by atoms with E-state index in [4.69, 9.17) is 9.84 Å². The van der Waals surface area contributed by atoms with Gasteiger partial charge in [-0.15, -0.1) is 0 Å². The van der Waals surface area contributed by atoms with Gasteiger partial charge in [-0.25, -0.2) is 4.79 Å². The number of aliphatic carboxylic acids is 1. The van der Waals surface area contributed by atoms with Crippen LogP contribution < -0.4 is 10.6 Å². The average molecular weight is 246 g/mol. The second kappa shape index (κ2) is 8.81. The van der Waals surface area contributed by atoms with Gasteiger partial charge in [0.05, 0.1) is 19.1 Å². The Morgan fingerprint density at radius 3 is 2.47 bits per heavy atom. The van der Waals surface area contributed by atoms with E-state index >= 15 is 0 Å². The first kappa shape index (κ1) is 15.7. The van der Waals surface area contributed by atoms with E-state index in [2.05, 4.69) is 10.6 Å². The van der Waals surface area contributed by atoms with Crippen LogP contribution in [0, 0.1) is 5.92 Å². The van der Waals surface area contributed by atoms with Gasteiger partial charge >= 0.3 is 12.0 Å². The van der Waals surface area contributed by atoms with Crippen LogP contribution in [-0.2, 0) is 9.53 Å². The molecule has 0 aliphatic carbocycles. The van der Waals surface area contributed by atoms with Crippen molar-refractivity contribution in [2.45, 2.75) is 33.2 Å². The van der Waals surface area contributed by atoms with E-state index in [9.17, 15) is 9.59 Å². The van der Waals surface area contributed by atoms with E-state index < -0.39 is 5.97 Å². The van der Waals surface area contributed by atoms with Crippen molar-refractivity contribution in [2.24, 2.45) is 5.92 Å². The summed E-state index contributed by atoms with van der Waals surface area (Å²) >= 11 is 0. The number of carboxylic acid groups (broad SMARTS) is 1. The molecule has 6 nitrogen and oxygen atoms in total. The molecule has 2 amide bonds. The lowest BCUT2D eigenvalue weighted by molar-refractivity contribution is -0.136. The number of amides is 2. The first-order valence-electron chi connectivity index (χ1n) is 5.81. The Balaban J connectivity index is 3.90. The Hall–Kier alpha value is -1.30. The molecule has 0 rings (SSSR count). The fourth-order valence-corrected chi connectivity index (χ4v) is 1.15. The van der Waals surface area contributed by atoms with Gasteiger partial charge in [-0.2, -0.15) is 0 Å². The molecule has 100 valence electrons. The number of nitrogens with one attached hydrogen (secondary N) is 2. The minimum absolute atomic E-state index is 0.0696. The number of carboxylic acids is 1. The third-order valence-corrected chi connectivity index (χ3v) is 2.25. The number of hydrogen-bond donors (Lipinski definition) is 3. The molecule has 6 heteroatoms. The number of hydrogen-bond acceptors (Lipinski definition) is 3. The molecule has 0 bridgehead atoms. The highest BCUT2D eigenvalue weighted by Crippen LogP contribution is 2.01. The van der Waals surface area contributed by atoms with Crippen molar-refractivity contribution in [1.29, 1.82) is 0 Å². The highest BCUT2D eigenvalue weighted by atomic mass is 16.5. The Morgan fingerprint density at radius 1 is 1.35 bits per heavy atom. The Morgan fingerprint density at radius 2 is 2.00 bits per heavy atom. The molecule has 0 radical (unpaired) electrons. The lowest BCUT2D eigenvalue weighted by atomic mass is 10.1. The highest BCUT2D eigenvalue weighted by molar-refractivity contribution is 5.75. The maximum Gasteiger partial charge on any atom is 0.315 e. The predicted molar refractivity (Wildman–Crippen MR) is 63.9 cm³/mol. The van der Waals surface area contributed by atoms with Crippen molar-refractivity contribution in [3.05, 3.63) is 0 Å². The monoisotopic (exact) mass is 246 g/mol. The standard InChI is InChI=1S/C11H22N2O4/c1-4-17-7-9(8(2)3)13-11(16)12-6-5-10(14)15/h8-9H,4-7H2,1-3H3,(H,14,15)(H2,12,13,16). The van der Waals surface area contributed by atoms with Gasteiger partial charge in [0.15, 0.2) is 0 Å². The average Bonchev–Trinajstić information content (AvgIpc) is 2.23. The van der Waals surface area contributed by atoms with Gasteiger partial charge in [0.25, 0.3) is 0 Å². The van der Waals surface area contributed by atoms with E-state index in [0.29, 0.717) is 13.2 Å². The number of carbonyl (C=O) groups is 2. The first-order valence-corrected chi connectivity index (χ1v) is 5.81. The molecule has 0 aromatic heterocycles. The van der Waals surface area contributed by atoms with Crippen LogP contribution in [0.4, 0.5) is 4.79 Å². The van der Waals surface area contributed by atoms with Crippen molar-refractivity contribution in [3.63, 3.8) is 0 Å². The minimum atomic E-state index is -0.931. The zero-order valence-electron chi connectivity index (χ0n) is 10.7. The van der Waals surface area contributed by atoms with Crippen molar-refractivity contribution in [1.82, 2.24) is 10.6 Å². The topological polar surface area (TPSA) is 87.7 Å². The zero-order chi connectivity index (χ0) is 13.3. The van der Waals surface area contributed by atoms with Crippen LogP contribution in [0.3, 0.4) is 0 Å². The largest absolute Gasteiger partial charge is 0.481 e. The molecule has 1 unspecified atom stereocenters. The van der Waals surface area contributed by atoms with Crippen LogP contribution in [0.5, 0.6) is 0 Å². The van der Waals surface area contributed by atoms with Crippen LogP contribution in [0.25, 0.3) is 0 Å². The van der Waals surface area contributed by atoms with Crippen molar-refractivity contribution >= 4 is 12.0 Å². The SMILES string of the molecule is CCOCC(NC(=O)NCCC(=O)O)C(C)C. The third kappa shape index (κ3) is 8.50. The smallest absolute Gasteiger partial charge is 0.315 e. The molecule has 0 saturated carbocycles. The van der Waals surface area contributed by atoms with Crippen LogP contribution in [0.15, 0.2) is 0 Å². The molecule has 3 N–H and O–H groups in total. The van der Waals surface area contributed by atoms with Crippen LogP contribution in [-0.4, -0.2) is 42.9 Å². The fourth-order valence-electron chi connectivity index (χ4n) is 1.15. The number of rotatable bonds is 8. The Labute approximate surface area is 102 Å². The molecule has 17 heavy (non-hydrogen) atoms. The second-order valence-corrected chi connectivity index (χ2v) is 4.05. The highest BCUT2D eigenvalue weighted by Gasteiger charge is 2.15. The summed E-state index contributed by atoms with van der Waals surface area (Å²) in [5, 5.41) is 13.7. The van der Waals surface area contributed by atoms with Gasteiger partial charge < -0.3 is 20.5 Å².